The van der Waals surface area contributed by atoms with Gasteiger partial charge in [-0.3, -0.25) is 19.4 Å². The van der Waals surface area contributed by atoms with Crippen LogP contribution in [0.15, 0.2) is 59.7 Å². The van der Waals surface area contributed by atoms with Crippen molar-refractivity contribution in [1.82, 2.24) is 0 Å². The minimum absolute atomic E-state index is 0.113. The van der Waals surface area contributed by atoms with Crippen LogP contribution in [0.3, 0.4) is 0 Å². The van der Waals surface area contributed by atoms with Crippen molar-refractivity contribution in [2.75, 3.05) is 15.6 Å². The Kier molecular flexibility index (Phi) is 5.16. The summed E-state index contributed by atoms with van der Waals surface area (Å²) in [5, 5.41) is 11.1. The number of nitrogens with two attached hydrogens (primary N) is 1. The van der Waals surface area contributed by atoms with E-state index in [1.165, 1.54) is 11.9 Å². The number of nitrogens with zero attached hydrogens (tertiary/aromatic N) is 2. The van der Waals surface area contributed by atoms with Crippen molar-refractivity contribution in [1.29, 1.82) is 0 Å². The molecule has 2 aromatic rings. The van der Waals surface area contributed by atoms with Crippen LogP contribution in [-0.4, -0.2) is 29.5 Å². The summed E-state index contributed by atoms with van der Waals surface area (Å²) >= 11 is 0. The van der Waals surface area contributed by atoms with Gasteiger partial charge in [0, 0.05) is 24.7 Å². The highest BCUT2D eigenvalue weighted by Gasteiger charge is 2.34. The Labute approximate surface area is 156 Å². The zero-order valence-electron chi connectivity index (χ0n) is 14.7. The van der Waals surface area contributed by atoms with Crippen LogP contribution in [0.5, 0.6) is 0 Å². The van der Waals surface area contributed by atoms with E-state index in [0.29, 0.717) is 17.1 Å². The topological polar surface area (TPSA) is 117 Å². The van der Waals surface area contributed by atoms with E-state index in [1.807, 2.05) is 18.2 Å². The van der Waals surface area contributed by atoms with Gasteiger partial charge >= 0.3 is 0 Å². The van der Waals surface area contributed by atoms with Crippen molar-refractivity contribution in [3.8, 4) is 0 Å². The SMILES string of the molecule is CC(=O)Nc1cccc(NC(=O)C2=NN(c3ccccc3)C(C(N)=O)C2)c1. The maximum absolute atomic E-state index is 12.6. The van der Waals surface area contributed by atoms with Gasteiger partial charge in [-0.05, 0) is 30.3 Å². The molecule has 8 heteroatoms. The van der Waals surface area contributed by atoms with Crippen LogP contribution in [0.4, 0.5) is 17.1 Å². The number of primary amides is 1. The summed E-state index contributed by atoms with van der Waals surface area (Å²) in [6, 6.07) is 15.1. The largest absolute Gasteiger partial charge is 0.368 e. The predicted molar refractivity (Wildman–Crippen MR) is 103 cm³/mol. The molecular weight excluding hydrogens is 346 g/mol. The molecule has 138 valence electrons. The van der Waals surface area contributed by atoms with E-state index in [4.69, 9.17) is 5.73 Å². The second-order valence-electron chi connectivity index (χ2n) is 6.07. The molecule has 0 aliphatic carbocycles. The minimum Gasteiger partial charge on any atom is -0.368 e. The fourth-order valence-electron chi connectivity index (χ4n) is 2.77. The molecule has 1 atom stereocenters. The summed E-state index contributed by atoms with van der Waals surface area (Å²) in [5.74, 6) is -1.20. The number of hydrazone groups is 1. The Morgan fingerprint density at radius 3 is 2.33 bits per heavy atom. The average molecular weight is 365 g/mol. The Morgan fingerprint density at radius 1 is 1.04 bits per heavy atom. The van der Waals surface area contributed by atoms with Gasteiger partial charge in [-0.25, -0.2) is 0 Å². The summed E-state index contributed by atoms with van der Waals surface area (Å²) in [4.78, 5) is 35.5. The van der Waals surface area contributed by atoms with Crippen LogP contribution in [0.2, 0.25) is 0 Å². The first kappa shape index (κ1) is 18.1. The number of para-hydroxylation sites is 1. The molecule has 8 nitrogen and oxygen atoms in total. The molecule has 0 fully saturated rings. The number of rotatable bonds is 5. The molecule has 0 bridgehead atoms. The molecule has 3 amide bonds. The summed E-state index contributed by atoms with van der Waals surface area (Å²) in [7, 11) is 0. The van der Waals surface area contributed by atoms with Crippen molar-refractivity contribution in [2.45, 2.75) is 19.4 Å². The van der Waals surface area contributed by atoms with Gasteiger partial charge in [-0.2, -0.15) is 5.10 Å². The summed E-state index contributed by atoms with van der Waals surface area (Å²) < 4.78 is 0. The second-order valence-corrected chi connectivity index (χ2v) is 6.07. The molecule has 0 saturated heterocycles. The van der Waals surface area contributed by atoms with E-state index < -0.39 is 17.9 Å². The van der Waals surface area contributed by atoms with Gasteiger partial charge < -0.3 is 16.4 Å². The van der Waals surface area contributed by atoms with Crippen LogP contribution >= 0.6 is 0 Å². The Hall–Kier alpha value is -3.68. The maximum Gasteiger partial charge on any atom is 0.271 e. The van der Waals surface area contributed by atoms with Crippen molar-refractivity contribution in [3.05, 3.63) is 54.6 Å². The first-order valence-corrected chi connectivity index (χ1v) is 8.34. The van der Waals surface area contributed by atoms with Gasteiger partial charge in [0.2, 0.25) is 11.8 Å². The minimum atomic E-state index is -0.723. The van der Waals surface area contributed by atoms with E-state index in [0.717, 1.165) is 0 Å². The molecule has 27 heavy (non-hydrogen) atoms. The quantitative estimate of drug-likeness (QED) is 0.747. The van der Waals surface area contributed by atoms with Crippen molar-refractivity contribution >= 4 is 40.5 Å². The molecule has 3 rings (SSSR count). The first-order chi connectivity index (χ1) is 12.9. The molecule has 0 saturated carbocycles. The van der Waals surface area contributed by atoms with Crippen LogP contribution in [0.25, 0.3) is 0 Å². The maximum atomic E-state index is 12.6. The van der Waals surface area contributed by atoms with Gasteiger partial charge in [0.25, 0.3) is 5.91 Å². The second kappa shape index (κ2) is 7.69. The third-order valence-electron chi connectivity index (χ3n) is 3.96. The van der Waals surface area contributed by atoms with Gasteiger partial charge in [0.1, 0.15) is 11.8 Å². The molecule has 4 N–H and O–H groups in total. The number of nitrogens with one attached hydrogen (secondary N) is 2. The monoisotopic (exact) mass is 365 g/mol. The third-order valence-corrected chi connectivity index (χ3v) is 3.96. The van der Waals surface area contributed by atoms with Crippen LogP contribution in [0.1, 0.15) is 13.3 Å². The number of anilines is 3. The summed E-state index contributed by atoms with van der Waals surface area (Å²) in [5.41, 5.74) is 7.43. The fourth-order valence-corrected chi connectivity index (χ4v) is 2.77. The molecule has 0 radical (unpaired) electrons. The van der Waals surface area contributed by atoms with Crippen molar-refractivity contribution in [3.63, 3.8) is 0 Å². The highest BCUT2D eigenvalue weighted by atomic mass is 16.2. The number of benzene rings is 2. The Bertz CT molecular complexity index is 911. The van der Waals surface area contributed by atoms with Crippen molar-refractivity contribution in [2.24, 2.45) is 10.8 Å². The van der Waals surface area contributed by atoms with Crippen LogP contribution < -0.4 is 21.4 Å². The fraction of sp³-hybridized carbons (Fsp3) is 0.158. The van der Waals surface area contributed by atoms with E-state index in [-0.39, 0.29) is 18.0 Å². The first-order valence-electron chi connectivity index (χ1n) is 8.34. The lowest BCUT2D eigenvalue weighted by molar-refractivity contribution is -0.119. The van der Waals surface area contributed by atoms with Crippen LogP contribution in [-0.2, 0) is 14.4 Å². The Morgan fingerprint density at radius 2 is 1.70 bits per heavy atom. The molecule has 0 aromatic heterocycles. The Balaban J connectivity index is 1.78. The summed E-state index contributed by atoms with van der Waals surface area (Å²) in [6.45, 7) is 1.40. The smallest absolute Gasteiger partial charge is 0.271 e. The lowest BCUT2D eigenvalue weighted by Gasteiger charge is -2.20. The van der Waals surface area contributed by atoms with E-state index >= 15 is 0 Å². The number of hydrogen-bond donors (Lipinski definition) is 3. The van der Waals surface area contributed by atoms with Gasteiger partial charge in [-0.15, -0.1) is 0 Å². The van der Waals surface area contributed by atoms with E-state index in [2.05, 4.69) is 15.7 Å². The molecule has 1 aliphatic rings. The number of carbonyl (C=O) groups excluding carboxylic acids is 3. The molecule has 0 spiro atoms. The van der Waals surface area contributed by atoms with Gasteiger partial charge in [0.05, 0.1) is 5.69 Å². The zero-order valence-corrected chi connectivity index (χ0v) is 14.7. The van der Waals surface area contributed by atoms with Gasteiger partial charge in [0.15, 0.2) is 0 Å². The highest BCUT2D eigenvalue weighted by molar-refractivity contribution is 6.44. The molecule has 1 heterocycles. The lowest BCUT2D eigenvalue weighted by Crippen LogP contribution is -2.39. The normalized spacial score (nSPS) is 15.8. The standard InChI is InChI=1S/C19H19N5O3/c1-12(25)21-13-6-5-7-14(10-13)22-19(27)16-11-17(18(20)26)24(23-16)15-8-3-2-4-9-15/h2-10,17H,11H2,1H3,(H2,20,26)(H,21,25)(H,22,27). The summed E-state index contributed by atoms with van der Waals surface area (Å²) in [6.07, 6.45) is 0.113. The van der Waals surface area contributed by atoms with Gasteiger partial charge in [-0.1, -0.05) is 24.3 Å². The number of amides is 3. The molecule has 2 aromatic carbocycles. The predicted octanol–water partition coefficient (Wildman–Crippen LogP) is 1.70. The average Bonchev–Trinajstić information content (AvgIpc) is 3.08. The van der Waals surface area contributed by atoms with E-state index in [1.54, 1.807) is 36.4 Å². The zero-order chi connectivity index (χ0) is 19.4. The van der Waals surface area contributed by atoms with E-state index in [9.17, 15) is 14.4 Å². The molecule has 1 aliphatic heterocycles. The number of hydrogen-bond acceptors (Lipinski definition) is 5. The third kappa shape index (κ3) is 4.30. The lowest BCUT2D eigenvalue weighted by atomic mass is 10.1. The molecular formula is C19H19N5O3. The van der Waals surface area contributed by atoms with Crippen LogP contribution in [0, 0.1) is 0 Å². The number of carbonyl (C=O) groups is 3. The molecule has 1 unspecified atom stereocenters. The van der Waals surface area contributed by atoms with Crippen molar-refractivity contribution < 1.29 is 14.4 Å². The highest BCUT2D eigenvalue weighted by Crippen LogP contribution is 2.25.